The zero-order valence-corrected chi connectivity index (χ0v) is 11.4. The minimum absolute atomic E-state index is 1.23. The molecular formula is C19H20. The Hall–Kier alpha value is -1.56. The summed E-state index contributed by atoms with van der Waals surface area (Å²) in [6, 6.07) is 0. The van der Waals surface area contributed by atoms with E-state index in [0.717, 1.165) is 0 Å². The van der Waals surface area contributed by atoms with Gasteiger partial charge in [0.25, 0.3) is 0 Å². The summed E-state index contributed by atoms with van der Waals surface area (Å²) < 4.78 is 0. The molecule has 0 saturated heterocycles. The minimum Gasteiger partial charge on any atom is -0.0763 e. The largest absolute Gasteiger partial charge is 0.0763 e. The highest BCUT2D eigenvalue weighted by molar-refractivity contribution is 5.74. The Morgan fingerprint density at radius 1 is 0.789 bits per heavy atom. The molecule has 0 heterocycles. The van der Waals surface area contributed by atoms with Gasteiger partial charge in [0.15, 0.2) is 0 Å². The Kier molecular flexibility index (Phi) is 2.69. The molecule has 0 fully saturated rings. The summed E-state index contributed by atoms with van der Waals surface area (Å²) in [5, 5.41) is 0. The van der Waals surface area contributed by atoms with Crippen LogP contribution in [0.5, 0.6) is 0 Å². The fraction of sp³-hybridized carbons (Fsp3) is 0.368. The van der Waals surface area contributed by atoms with Crippen molar-refractivity contribution in [2.75, 3.05) is 0 Å². The molecule has 0 atom stereocenters. The van der Waals surface area contributed by atoms with Crippen LogP contribution in [-0.4, -0.2) is 0 Å². The van der Waals surface area contributed by atoms with Gasteiger partial charge in [-0.05, 0) is 78.4 Å². The zero-order valence-electron chi connectivity index (χ0n) is 11.4. The van der Waals surface area contributed by atoms with Gasteiger partial charge in [0.1, 0.15) is 0 Å². The number of hydrogen-bond acceptors (Lipinski definition) is 0. The van der Waals surface area contributed by atoms with Gasteiger partial charge in [0, 0.05) is 0 Å². The Balaban J connectivity index is 1.96. The van der Waals surface area contributed by atoms with Crippen molar-refractivity contribution in [3.05, 3.63) is 69.9 Å². The van der Waals surface area contributed by atoms with Crippen molar-refractivity contribution < 1.29 is 0 Å². The molecule has 0 saturated carbocycles. The third-order valence-corrected chi connectivity index (χ3v) is 4.76. The molecule has 0 amide bonds. The van der Waals surface area contributed by atoms with Gasteiger partial charge in [-0.25, -0.2) is 0 Å². The Labute approximate surface area is 115 Å². The van der Waals surface area contributed by atoms with E-state index in [2.05, 4.69) is 36.5 Å². The molecule has 0 bridgehead atoms. The van der Waals surface area contributed by atoms with Gasteiger partial charge < -0.3 is 0 Å². The van der Waals surface area contributed by atoms with E-state index < -0.39 is 0 Å². The summed E-state index contributed by atoms with van der Waals surface area (Å²) in [7, 11) is 0. The normalized spacial score (nSPS) is 25.3. The summed E-state index contributed by atoms with van der Waals surface area (Å²) in [5.41, 5.74) is 9.60. The highest BCUT2D eigenvalue weighted by Crippen LogP contribution is 2.49. The SMILES string of the molecule is C1=CC=C2CCCC=C3C4=C(CCCC4)C(=C23)C=C1. The van der Waals surface area contributed by atoms with Crippen molar-refractivity contribution in [1.29, 1.82) is 0 Å². The molecule has 0 aromatic carbocycles. The van der Waals surface area contributed by atoms with Crippen LogP contribution in [0.2, 0.25) is 0 Å². The maximum Gasteiger partial charge on any atom is -0.00768 e. The molecule has 96 valence electrons. The molecule has 0 N–H and O–H groups in total. The molecule has 0 heteroatoms. The lowest BCUT2D eigenvalue weighted by Gasteiger charge is -2.16. The second kappa shape index (κ2) is 4.52. The molecule has 4 rings (SSSR count). The minimum atomic E-state index is 1.23. The summed E-state index contributed by atoms with van der Waals surface area (Å²) in [6.07, 6.45) is 22.9. The van der Waals surface area contributed by atoms with Crippen molar-refractivity contribution in [3.63, 3.8) is 0 Å². The molecule has 0 aromatic heterocycles. The van der Waals surface area contributed by atoms with Crippen LogP contribution in [0.4, 0.5) is 0 Å². The molecule has 0 aromatic rings. The molecule has 0 unspecified atom stereocenters. The van der Waals surface area contributed by atoms with Crippen LogP contribution < -0.4 is 0 Å². The fourth-order valence-corrected chi connectivity index (χ4v) is 3.92. The molecule has 4 aliphatic carbocycles. The van der Waals surface area contributed by atoms with Crippen LogP contribution in [-0.2, 0) is 0 Å². The third-order valence-electron chi connectivity index (χ3n) is 4.76. The quantitative estimate of drug-likeness (QED) is 0.543. The Morgan fingerprint density at radius 2 is 1.68 bits per heavy atom. The lowest BCUT2D eigenvalue weighted by Crippen LogP contribution is -1.97. The second-order valence-electron chi connectivity index (χ2n) is 5.90. The average molecular weight is 248 g/mol. The zero-order chi connectivity index (χ0) is 12.7. The molecule has 0 radical (unpaired) electrons. The van der Waals surface area contributed by atoms with E-state index >= 15 is 0 Å². The Bertz CT molecular complexity index is 600. The number of allylic oxidation sites excluding steroid dienone is 12. The van der Waals surface area contributed by atoms with Crippen LogP contribution in [0.1, 0.15) is 44.9 Å². The fourth-order valence-electron chi connectivity index (χ4n) is 3.92. The van der Waals surface area contributed by atoms with Crippen molar-refractivity contribution >= 4 is 0 Å². The lowest BCUT2D eigenvalue weighted by atomic mass is 9.89. The van der Waals surface area contributed by atoms with Gasteiger partial charge >= 0.3 is 0 Å². The monoisotopic (exact) mass is 248 g/mol. The molecular weight excluding hydrogens is 228 g/mol. The van der Waals surface area contributed by atoms with E-state index in [0.29, 0.717) is 0 Å². The van der Waals surface area contributed by atoms with Gasteiger partial charge in [-0.3, -0.25) is 0 Å². The van der Waals surface area contributed by atoms with Crippen LogP contribution >= 0.6 is 0 Å². The maximum absolute atomic E-state index is 2.52. The molecule has 4 aliphatic rings. The first kappa shape index (κ1) is 11.3. The van der Waals surface area contributed by atoms with Crippen molar-refractivity contribution in [3.8, 4) is 0 Å². The third kappa shape index (κ3) is 1.74. The first-order chi connectivity index (χ1) is 9.45. The van der Waals surface area contributed by atoms with Gasteiger partial charge in [-0.2, -0.15) is 0 Å². The highest BCUT2D eigenvalue weighted by Gasteiger charge is 2.31. The Morgan fingerprint density at radius 3 is 2.63 bits per heavy atom. The summed E-state index contributed by atoms with van der Waals surface area (Å²) in [5.74, 6) is 0. The van der Waals surface area contributed by atoms with E-state index in [4.69, 9.17) is 0 Å². The van der Waals surface area contributed by atoms with Gasteiger partial charge in [-0.15, -0.1) is 0 Å². The average Bonchev–Trinajstić information content (AvgIpc) is 2.58. The number of hydrogen-bond donors (Lipinski definition) is 0. The van der Waals surface area contributed by atoms with Gasteiger partial charge in [-0.1, -0.05) is 36.5 Å². The van der Waals surface area contributed by atoms with E-state index in [9.17, 15) is 0 Å². The summed E-state index contributed by atoms with van der Waals surface area (Å²) >= 11 is 0. The van der Waals surface area contributed by atoms with Crippen molar-refractivity contribution in [2.24, 2.45) is 0 Å². The first-order valence-electron chi connectivity index (χ1n) is 7.67. The lowest BCUT2D eigenvalue weighted by molar-refractivity contribution is 0.691. The molecule has 0 nitrogen and oxygen atoms in total. The van der Waals surface area contributed by atoms with E-state index in [-0.39, 0.29) is 0 Å². The standard InChI is InChI=1S/C19H20/c1-2-8-14-9-4-5-13-18-16-11-7-6-10-15(16)17(12-3-1)19(14)18/h1-3,8,12-13H,4-7,9-11H2. The van der Waals surface area contributed by atoms with E-state index in [1.165, 1.54) is 44.9 Å². The number of rotatable bonds is 0. The van der Waals surface area contributed by atoms with Crippen LogP contribution in [0, 0.1) is 0 Å². The maximum atomic E-state index is 2.52. The first-order valence-corrected chi connectivity index (χ1v) is 7.67. The summed E-state index contributed by atoms with van der Waals surface area (Å²) in [6.45, 7) is 0. The van der Waals surface area contributed by atoms with E-state index in [1.54, 1.807) is 33.4 Å². The van der Waals surface area contributed by atoms with E-state index in [1.807, 2.05) is 0 Å². The van der Waals surface area contributed by atoms with Gasteiger partial charge in [0.2, 0.25) is 0 Å². The topological polar surface area (TPSA) is 0 Å². The van der Waals surface area contributed by atoms with Crippen LogP contribution in [0.25, 0.3) is 0 Å². The molecule has 19 heavy (non-hydrogen) atoms. The van der Waals surface area contributed by atoms with Crippen molar-refractivity contribution in [1.82, 2.24) is 0 Å². The molecule has 0 spiro atoms. The van der Waals surface area contributed by atoms with Crippen LogP contribution in [0.3, 0.4) is 0 Å². The van der Waals surface area contributed by atoms with Gasteiger partial charge in [0.05, 0.1) is 0 Å². The second-order valence-corrected chi connectivity index (χ2v) is 5.90. The smallest absolute Gasteiger partial charge is 0.00768 e. The van der Waals surface area contributed by atoms with Crippen LogP contribution in [0.15, 0.2) is 69.9 Å². The van der Waals surface area contributed by atoms with Crippen molar-refractivity contribution in [2.45, 2.75) is 44.9 Å². The predicted octanol–water partition coefficient (Wildman–Crippen LogP) is 5.33. The number of fused-ring (bicyclic) bond motifs is 2. The predicted molar refractivity (Wildman–Crippen MR) is 80.8 cm³/mol. The summed E-state index contributed by atoms with van der Waals surface area (Å²) in [4.78, 5) is 0. The highest BCUT2D eigenvalue weighted by atomic mass is 14.3. The molecule has 0 aliphatic heterocycles.